The highest BCUT2D eigenvalue weighted by molar-refractivity contribution is 7.18. The Morgan fingerprint density at radius 3 is 2.57 bits per heavy atom. The van der Waals surface area contributed by atoms with E-state index in [1.54, 1.807) is 22.0 Å². The van der Waals surface area contributed by atoms with Crippen molar-refractivity contribution < 1.29 is 4.79 Å². The first kappa shape index (κ1) is 28.5. The number of hydrogen-bond donors (Lipinski definition) is 2. The van der Waals surface area contributed by atoms with Crippen molar-refractivity contribution in [3.05, 3.63) is 42.2 Å². The van der Waals surface area contributed by atoms with Gasteiger partial charge in [-0.25, -0.2) is 9.31 Å². The number of nitrogens with zero attached hydrogens (tertiary/aromatic N) is 9. The molecule has 2 bridgehead atoms. The number of urea groups is 1. The van der Waals surface area contributed by atoms with Gasteiger partial charge in [0.05, 0.1) is 34.2 Å². The van der Waals surface area contributed by atoms with Crippen molar-refractivity contribution in [1.82, 2.24) is 39.9 Å². The number of rotatable bonds is 6. The van der Waals surface area contributed by atoms with Crippen molar-refractivity contribution in [2.24, 2.45) is 11.8 Å². The largest absolute Gasteiger partial charge is 0.382 e. The van der Waals surface area contributed by atoms with E-state index in [9.17, 15) is 10.1 Å². The Kier molecular flexibility index (Phi) is 7.55. The lowest BCUT2D eigenvalue weighted by atomic mass is 9.92. The maximum absolute atomic E-state index is 13.0. The molecule has 7 rings (SSSR count). The third-order valence-corrected chi connectivity index (χ3v) is 10.1. The van der Waals surface area contributed by atoms with Crippen LogP contribution in [-0.2, 0) is 0 Å². The van der Waals surface area contributed by atoms with Crippen LogP contribution in [-0.4, -0.2) is 99.0 Å². The van der Waals surface area contributed by atoms with Crippen LogP contribution in [0.2, 0.25) is 0 Å². The third kappa shape index (κ3) is 5.44. The Hall–Kier alpha value is -4.28. The number of anilines is 2. The van der Waals surface area contributed by atoms with E-state index in [4.69, 9.17) is 4.98 Å². The second kappa shape index (κ2) is 11.7. The second-order valence-electron chi connectivity index (χ2n) is 12.5. The summed E-state index contributed by atoms with van der Waals surface area (Å²) in [5.41, 5.74) is 4.82. The van der Waals surface area contributed by atoms with Crippen LogP contribution < -0.4 is 15.5 Å². The molecule has 12 nitrogen and oxygen atoms in total. The first-order valence-corrected chi connectivity index (χ1v) is 16.2. The molecule has 2 saturated heterocycles. The van der Waals surface area contributed by atoms with E-state index in [0.717, 1.165) is 90.4 Å². The van der Waals surface area contributed by atoms with Crippen molar-refractivity contribution in [2.45, 2.75) is 38.8 Å². The normalized spacial score (nSPS) is 22.0. The van der Waals surface area contributed by atoms with E-state index in [2.05, 4.69) is 62.7 Å². The van der Waals surface area contributed by atoms with Gasteiger partial charge in [0.25, 0.3) is 0 Å². The van der Waals surface area contributed by atoms with Gasteiger partial charge in [-0.3, -0.25) is 4.98 Å². The Balaban J connectivity index is 1.09. The van der Waals surface area contributed by atoms with Gasteiger partial charge in [0.2, 0.25) is 5.13 Å². The summed E-state index contributed by atoms with van der Waals surface area (Å²) in [5.74, 6) is 0.817. The predicted molar refractivity (Wildman–Crippen MR) is 171 cm³/mol. The molecule has 44 heavy (non-hydrogen) atoms. The molecule has 228 valence electrons. The Morgan fingerprint density at radius 1 is 1.07 bits per heavy atom. The van der Waals surface area contributed by atoms with Crippen LogP contribution in [0.3, 0.4) is 0 Å². The lowest BCUT2D eigenvalue weighted by Gasteiger charge is -2.40. The third-order valence-electron chi connectivity index (χ3n) is 9.07. The molecular weight excluding hydrogens is 574 g/mol. The summed E-state index contributed by atoms with van der Waals surface area (Å²) in [4.78, 5) is 24.4. The molecule has 2 aliphatic heterocycles. The second-order valence-corrected chi connectivity index (χ2v) is 13.4. The topological polar surface area (TPSA) is 131 Å². The molecule has 3 atom stereocenters. The van der Waals surface area contributed by atoms with E-state index in [1.165, 1.54) is 0 Å². The fraction of sp³-hybridized carbons (Fsp3) is 0.484. The Morgan fingerprint density at radius 2 is 1.84 bits per heavy atom. The monoisotopic (exact) mass is 611 g/mol. The highest BCUT2D eigenvalue weighted by atomic mass is 32.1. The smallest absolute Gasteiger partial charge is 0.317 e. The molecular formula is C31H37N11OS. The van der Waals surface area contributed by atoms with Crippen LogP contribution in [0, 0.1) is 23.2 Å². The summed E-state index contributed by atoms with van der Waals surface area (Å²) in [7, 11) is 2.10. The first-order valence-electron chi connectivity index (χ1n) is 15.3. The molecule has 3 fully saturated rings. The fourth-order valence-corrected chi connectivity index (χ4v) is 7.65. The molecule has 2 amide bonds. The predicted octanol–water partition coefficient (Wildman–Crippen LogP) is 3.78. The molecule has 1 aliphatic carbocycles. The van der Waals surface area contributed by atoms with E-state index < -0.39 is 0 Å². The number of amides is 2. The Labute approximate surface area is 260 Å². The molecule has 6 heterocycles. The number of hydrogen-bond acceptors (Lipinski definition) is 10. The minimum atomic E-state index is 0.0867. The van der Waals surface area contributed by atoms with Gasteiger partial charge in [-0.1, -0.05) is 11.3 Å². The number of nitriles is 1. The number of piperidine rings is 1. The minimum absolute atomic E-state index is 0.0867. The van der Waals surface area contributed by atoms with Crippen LogP contribution in [0.15, 0.2) is 36.7 Å². The summed E-state index contributed by atoms with van der Waals surface area (Å²) in [6.45, 7) is 9.38. The zero-order chi connectivity index (χ0) is 30.4. The quantitative estimate of drug-likeness (QED) is 0.335. The van der Waals surface area contributed by atoms with Crippen molar-refractivity contribution in [2.75, 3.05) is 56.5 Å². The zero-order valence-corrected chi connectivity index (χ0v) is 26.1. The molecule has 0 aromatic carbocycles. The molecule has 4 aromatic heterocycles. The standard InChI is InChI=1S/C31H37N11OS/c1-19(2)35-25-13-26(27-7-6-23-12-20(14-32)15-34-42(23)27)33-16-24(25)29-37-38-31(44-29)41-17-21-4-5-22(18-41)28(21)36-30(43)40-10-8-39(3)9-11-40/h6-7,12-13,15-16,19,21-22,28H,4-5,8-11,17-18H2,1-3H3,(H,33,35)(H,36,43)/t21-,22+,28+. The molecule has 2 N–H and O–H groups in total. The average molecular weight is 612 g/mol. The van der Waals surface area contributed by atoms with Gasteiger partial charge in [0.1, 0.15) is 6.07 Å². The maximum atomic E-state index is 13.0. The summed E-state index contributed by atoms with van der Waals surface area (Å²) in [6, 6.07) is 10.4. The fourth-order valence-electron chi connectivity index (χ4n) is 6.76. The molecule has 3 aliphatic rings. The molecule has 0 spiro atoms. The van der Waals surface area contributed by atoms with E-state index >= 15 is 0 Å². The highest BCUT2D eigenvalue weighted by Crippen LogP contribution is 2.41. The van der Waals surface area contributed by atoms with Crippen LogP contribution in [0.25, 0.3) is 27.5 Å². The molecule has 4 aromatic rings. The van der Waals surface area contributed by atoms with Gasteiger partial charge in [0, 0.05) is 63.2 Å². The van der Waals surface area contributed by atoms with Gasteiger partial charge in [0.15, 0.2) is 5.01 Å². The number of pyridine rings is 1. The minimum Gasteiger partial charge on any atom is -0.382 e. The van der Waals surface area contributed by atoms with E-state index in [-0.39, 0.29) is 18.1 Å². The van der Waals surface area contributed by atoms with Gasteiger partial charge in [-0.05, 0) is 69.8 Å². The number of carbonyl (C=O) groups is 1. The maximum Gasteiger partial charge on any atom is 0.317 e. The van der Waals surface area contributed by atoms with Crippen molar-refractivity contribution in [3.63, 3.8) is 0 Å². The van der Waals surface area contributed by atoms with Crippen molar-refractivity contribution in [1.29, 1.82) is 5.26 Å². The highest BCUT2D eigenvalue weighted by Gasteiger charge is 2.44. The number of likely N-dealkylation sites (N-methyl/N-ethyl adjacent to an activating group) is 1. The molecule has 1 saturated carbocycles. The van der Waals surface area contributed by atoms with Gasteiger partial charge in [-0.2, -0.15) is 10.4 Å². The van der Waals surface area contributed by atoms with Crippen LogP contribution >= 0.6 is 11.3 Å². The number of piperazine rings is 1. The van der Waals surface area contributed by atoms with E-state index in [0.29, 0.717) is 17.4 Å². The van der Waals surface area contributed by atoms with Crippen LogP contribution in [0.5, 0.6) is 0 Å². The average Bonchev–Trinajstić information content (AvgIpc) is 3.73. The number of aromatic nitrogens is 5. The number of fused-ring (bicyclic) bond motifs is 3. The molecule has 0 radical (unpaired) electrons. The molecule has 13 heteroatoms. The van der Waals surface area contributed by atoms with Gasteiger partial charge >= 0.3 is 6.03 Å². The van der Waals surface area contributed by atoms with E-state index in [1.807, 2.05) is 35.4 Å². The first-order chi connectivity index (χ1) is 21.4. The van der Waals surface area contributed by atoms with Gasteiger partial charge in [-0.15, -0.1) is 10.2 Å². The molecule has 0 unspecified atom stereocenters. The Bertz CT molecular complexity index is 1700. The zero-order valence-electron chi connectivity index (χ0n) is 25.3. The number of carbonyl (C=O) groups excluding carboxylic acids is 1. The SMILES string of the molecule is CC(C)Nc1cc(-c2ccc3cc(C#N)cnn23)ncc1-c1nnc(N2C[C@H]3CC[C@@H](C2)[C@H]3NC(=O)N2CCN(C)CC2)s1. The summed E-state index contributed by atoms with van der Waals surface area (Å²) >= 11 is 1.59. The van der Waals surface area contributed by atoms with Crippen LogP contribution in [0.1, 0.15) is 32.3 Å². The van der Waals surface area contributed by atoms with Gasteiger partial charge < -0.3 is 25.3 Å². The summed E-state index contributed by atoms with van der Waals surface area (Å²) < 4.78 is 1.80. The summed E-state index contributed by atoms with van der Waals surface area (Å²) in [6.07, 6.45) is 5.67. The number of nitrogens with one attached hydrogen (secondary N) is 2. The van der Waals surface area contributed by atoms with Crippen molar-refractivity contribution >= 4 is 33.7 Å². The lowest BCUT2D eigenvalue weighted by Crippen LogP contribution is -2.57. The lowest BCUT2D eigenvalue weighted by molar-refractivity contribution is 0.146. The summed E-state index contributed by atoms with van der Waals surface area (Å²) in [5, 5.41) is 31.6. The van der Waals surface area contributed by atoms with Crippen molar-refractivity contribution in [3.8, 4) is 28.0 Å². The van der Waals surface area contributed by atoms with Crippen LogP contribution in [0.4, 0.5) is 15.6 Å².